The van der Waals surface area contributed by atoms with E-state index in [4.69, 9.17) is 10.5 Å². The van der Waals surface area contributed by atoms with Gasteiger partial charge in [-0.25, -0.2) is 0 Å². The van der Waals surface area contributed by atoms with E-state index in [0.717, 1.165) is 6.42 Å². The molecule has 6 nitrogen and oxygen atoms in total. The molecule has 0 radical (unpaired) electrons. The third kappa shape index (κ3) is 5.72. The van der Waals surface area contributed by atoms with Gasteiger partial charge < -0.3 is 20.1 Å². The Hall–Kier alpha value is -2.24. The van der Waals surface area contributed by atoms with E-state index in [1.165, 1.54) is 12.0 Å². The van der Waals surface area contributed by atoms with Gasteiger partial charge in [-0.05, 0) is 18.6 Å². The predicted octanol–water partition coefficient (Wildman–Crippen LogP) is 1.45. The summed E-state index contributed by atoms with van der Waals surface area (Å²) < 4.78 is 10.1. The van der Waals surface area contributed by atoms with Crippen molar-refractivity contribution >= 4 is 17.6 Å². The van der Waals surface area contributed by atoms with Crippen LogP contribution in [0.3, 0.4) is 0 Å². The topological polar surface area (TPSA) is 81.9 Å². The minimum absolute atomic E-state index is 0.0311. The quantitative estimate of drug-likeness (QED) is 0.579. The summed E-state index contributed by atoms with van der Waals surface area (Å²) in [5, 5.41) is 0. The molecule has 0 aliphatic rings. The Morgan fingerprint density at radius 1 is 1.29 bits per heavy atom. The fourth-order valence-electron chi connectivity index (χ4n) is 1.80. The number of hydrogen-bond acceptors (Lipinski definition) is 5. The number of nitrogen functional groups attached to an aromatic ring is 1. The smallest absolute Gasteiger partial charge is 0.325 e. The van der Waals surface area contributed by atoms with Crippen molar-refractivity contribution in [3.8, 4) is 5.75 Å². The first kappa shape index (κ1) is 16.8. The lowest BCUT2D eigenvalue weighted by atomic mass is 10.3. The minimum Gasteiger partial charge on any atom is -0.491 e. The Balaban J connectivity index is 2.46. The molecule has 1 rings (SSSR count). The molecule has 0 aliphatic carbocycles. The van der Waals surface area contributed by atoms with Gasteiger partial charge in [-0.15, -0.1) is 0 Å². The predicted molar refractivity (Wildman–Crippen MR) is 79.9 cm³/mol. The van der Waals surface area contributed by atoms with Crippen molar-refractivity contribution in [3.63, 3.8) is 0 Å². The number of nitrogens with zero attached hydrogens (tertiary/aromatic N) is 1. The van der Waals surface area contributed by atoms with E-state index < -0.39 is 5.97 Å². The van der Waals surface area contributed by atoms with Crippen LogP contribution in [0.1, 0.15) is 19.8 Å². The summed E-state index contributed by atoms with van der Waals surface area (Å²) >= 11 is 0. The van der Waals surface area contributed by atoms with E-state index in [-0.39, 0.29) is 25.5 Å². The van der Waals surface area contributed by atoms with Gasteiger partial charge in [0.2, 0.25) is 5.91 Å². The number of rotatable bonds is 8. The number of carbonyl (C=O) groups excluding carboxylic acids is 2. The van der Waals surface area contributed by atoms with Crippen LogP contribution in [-0.4, -0.2) is 43.6 Å². The number of amides is 1. The second-order valence-corrected chi connectivity index (χ2v) is 4.53. The Labute approximate surface area is 124 Å². The van der Waals surface area contributed by atoms with Gasteiger partial charge in [-0.1, -0.05) is 19.1 Å². The molecule has 116 valence electrons. The maximum Gasteiger partial charge on any atom is 0.325 e. The lowest BCUT2D eigenvalue weighted by Gasteiger charge is -2.20. The molecule has 0 saturated carbocycles. The number of para-hydroxylation sites is 2. The fraction of sp³-hybridized carbons (Fsp3) is 0.467. The summed E-state index contributed by atoms with van der Waals surface area (Å²) in [7, 11) is 1.30. The molecular weight excluding hydrogens is 272 g/mol. The summed E-state index contributed by atoms with van der Waals surface area (Å²) in [6.45, 7) is 2.64. The molecular formula is C15H22N2O4. The summed E-state index contributed by atoms with van der Waals surface area (Å²) in [4.78, 5) is 24.8. The second kappa shape index (κ2) is 8.84. The van der Waals surface area contributed by atoms with Crippen LogP contribution in [0.25, 0.3) is 0 Å². The highest BCUT2D eigenvalue weighted by Gasteiger charge is 2.16. The molecule has 0 atom stereocenters. The first-order valence-electron chi connectivity index (χ1n) is 6.90. The molecule has 0 aromatic heterocycles. The molecule has 1 aromatic rings. The highest BCUT2D eigenvalue weighted by molar-refractivity contribution is 5.82. The molecule has 0 unspecified atom stereocenters. The average molecular weight is 294 g/mol. The van der Waals surface area contributed by atoms with Gasteiger partial charge in [0, 0.05) is 6.54 Å². The van der Waals surface area contributed by atoms with Gasteiger partial charge in [-0.3, -0.25) is 9.59 Å². The van der Waals surface area contributed by atoms with Crippen molar-refractivity contribution in [2.45, 2.75) is 19.8 Å². The van der Waals surface area contributed by atoms with Crippen molar-refractivity contribution in [3.05, 3.63) is 24.3 Å². The number of carbonyl (C=O) groups is 2. The van der Waals surface area contributed by atoms with Crippen LogP contribution < -0.4 is 10.5 Å². The van der Waals surface area contributed by atoms with Crippen molar-refractivity contribution in [1.82, 2.24) is 4.90 Å². The molecule has 1 aromatic carbocycles. The van der Waals surface area contributed by atoms with Crippen molar-refractivity contribution in [1.29, 1.82) is 0 Å². The average Bonchev–Trinajstić information content (AvgIpc) is 2.48. The number of methoxy groups -OCH3 is 1. The zero-order valence-corrected chi connectivity index (χ0v) is 12.5. The van der Waals surface area contributed by atoms with Crippen molar-refractivity contribution in [2.75, 3.05) is 32.5 Å². The molecule has 0 fully saturated rings. The van der Waals surface area contributed by atoms with Crippen LogP contribution in [0, 0.1) is 0 Å². The van der Waals surface area contributed by atoms with E-state index in [9.17, 15) is 9.59 Å². The maximum absolute atomic E-state index is 12.1. The van der Waals surface area contributed by atoms with Crippen LogP contribution >= 0.6 is 0 Å². The molecule has 0 bridgehead atoms. The van der Waals surface area contributed by atoms with E-state index in [0.29, 0.717) is 18.0 Å². The number of benzene rings is 1. The van der Waals surface area contributed by atoms with E-state index in [1.807, 2.05) is 19.1 Å². The first-order chi connectivity index (χ1) is 10.1. The molecule has 21 heavy (non-hydrogen) atoms. The monoisotopic (exact) mass is 294 g/mol. The van der Waals surface area contributed by atoms with Gasteiger partial charge in [-0.2, -0.15) is 0 Å². The number of anilines is 1. The molecule has 1 amide bonds. The third-order valence-electron chi connectivity index (χ3n) is 2.89. The molecule has 0 heterocycles. The minimum atomic E-state index is -0.426. The van der Waals surface area contributed by atoms with E-state index >= 15 is 0 Å². The van der Waals surface area contributed by atoms with Gasteiger partial charge in [0.1, 0.15) is 12.3 Å². The van der Waals surface area contributed by atoms with Gasteiger partial charge in [0.25, 0.3) is 0 Å². The van der Waals surface area contributed by atoms with Crippen LogP contribution in [0.5, 0.6) is 5.75 Å². The first-order valence-corrected chi connectivity index (χ1v) is 6.90. The van der Waals surface area contributed by atoms with Crippen LogP contribution in [0.4, 0.5) is 5.69 Å². The van der Waals surface area contributed by atoms with Gasteiger partial charge in [0.15, 0.2) is 0 Å². The lowest BCUT2D eigenvalue weighted by molar-refractivity contribution is -0.147. The highest BCUT2D eigenvalue weighted by atomic mass is 16.5. The summed E-state index contributed by atoms with van der Waals surface area (Å²) in [6.07, 6.45) is 0.959. The Bertz CT molecular complexity index is 476. The van der Waals surface area contributed by atoms with E-state index in [2.05, 4.69) is 4.74 Å². The number of esters is 1. The standard InChI is InChI=1S/C15H22N2O4/c1-3-9-17(11-15(19)20-2)14(18)8-10-21-13-7-5-4-6-12(13)16/h4-7H,3,8-11,16H2,1-2H3. The SMILES string of the molecule is CCCN(CC(=O)OC)C(=O)CCOc1ccccc1N. The fourth-order valence-corrected chi connectivity index (χ4v) is 1.80. The molecule has 2 N–H and O–H groups in total. The van der Waals surface area contributed by atoms with Crippen molar-refractivity contribution < 1.29 is 19.1 Å². The molecule has 0 aliphatic heterocycles. The normalized spacial score (nSPS) is 10.0. The van der Waals surface area contributed by atoms with Crippen LogP contribution in [0.15, 0.2) is 24.3 Å². The Morgan fingerprint density at radius 2 is 2.00 bits per heavy atom. The maximum atomic E-state index is 12.1. The van der Waals surface area contributed by atoms with Crippen LogP contribution in [-0.2, 0) is 14.3 Å². The largest absolute Gasteiger partial charge is 0.491 e. The zero-order valence-electron chi connectivity index (χ0n) is 12.5. The number of nitrogens with two attached hydrogens (primary N) is 1. The molecule has 0 spiro atoms. The van der Waals surface area contributed by atoms with Crippen molar-refractivity contribution in [2.24, 2.45) is 0 Å². The van der Waals surface area contributed by atoms with Gasteiger partial charge >= 0.3 is 5.97 Å². The lowest BCUT2D eigenvalue weighted by Crippen LogP contribution is -2.37. The zero-order chi connectivity index (χ0) is 15.7. The van der Waals surface area contributed by atoms with Gasteiger partial charge in [0.05, 0.1) is 25.8 Å². The van der Waals surface area contributed by atoms with E-state index in [1.54, 1.807) is 12.1 Å². The second-order valence-electron chi connectivity index (χ2n) is 4.53. The number of hydrogen-bond donors (Lipinski definition) is 1. The molecule has 6 heteroatoms. The summed E-state index contributed by atoms with van der Waals surface area (Å²) in [5.74, 6) is -0.0120. The van der Waals surface area contributed by atoms with Crippen LogP contribution in [0.2, 0.25) is 0 Å². The summed E-state index contributed by atoms with van der Waals surface area (Å²) in [6, 6.07) is 7.11. The Kier molecular flexibility index (Phi) is 7.08. The molecule has 0 saturated heterocycles. The third-order valence-corrected chi connectivity index (χ3v) is 2.89. The summed E-state index contributed by atoms with van der Waals surface area (Å²) in [5.41, 5.74) is 6.28. The number of ether oxygens (including phenoxy) is 2. The Morgan fingerprint density at radius 3 is 2.62 bits per heavy atom. The highest BCUT2D eigenvalue weighted by Crippen LogP contribution is 2.19.